The van der Waals surface area contributed by atoms with Gasteiger partial charge in [0.25, 0.3) is 0 Å². The smallest absolute Gasteiger partial charge is 0.462 e. The van der Waals surface area contributed by atoms with Gasteiger partial charge >= 0.3 is 39.5 Å². The van der Waals surface area contributed by atoms with Crippen molar-refractivity contribution in [2.24, 2.45) is 0 Å². The third-order valence-electron chi connectivity index (χ3n) is 16.0. The fourth-order valence-corrected chi connectivity index (χ4v) is 11.6. The van der Waals surface area contributed by atoms with Gasteiger partial charge in [-0.3, -0.25) is 37.3 Å². The van der Waals surface area contributed by atoms with Gasteiger partial charge in [-0.05, 0) is 128 Å². The average Bonchev–Trinajstić information content (AvgIpc) is 0.928. The van der Waals surface area contributed by atoms with Crippen LogP contribution < -0.4 is 0 Å². The summed E-state index contributed by atoms with van der Waals surface area (Å²) in [6.45, 7) is 4.45. The van der Waals surface area contributed by atoms with Crippen molar-refractivity contribution in [2.45, 2.75) is 316 Å². The van der Waals surface area contributed by atoms with Crippen LogP contribution in [0.1, 0.15) is 297 Å². The lowest BCUT2D eigenvalue weighted by Gasteiger charge is -2.21. The van der Waals surface area contributed by atoms with Gasteiger partial charge in [-0.25, -0.2) is 9.13 Å². The Morgan fingerprint density at radius 3 is 0.846 bits per heavy atom. The van der Waals surface area contributed by atoms with Crippen molar-refractivity contribution in [2.75, 3.05) is 39.6 Å². The number of ether oxygens (including phenoxy) is 4. The van der Waals surface area contributed by atoms with E-state index in [-0.39, 0.29) is 25.7 Å². The predicted molar refractivity (Wildman–Crippen MR) is 427 cm³/mol. The van der Waals surface area contributed by atoms with Gasteiger partial charge in [-0.2, -0.15) is 0 Å². The molecule has 0 rings (SSSR count). The van der Waals surface area contributed by atoms with Crippen LogP contribution in [0.5, 0.6) is 0 Å². The maximum absolute atomic E-state index is 13.1. The molecule has 5 atom stereocenters. The van der Waals surface area contributed by atoms with Crippen molar-refractivity contribution in [3.63, 3.8) is 0 Å². The molecule has 0 heterocycles. The van der Waals surface area contributed by atoms with Crippen molar-refractivity contribution in [3.8, 4) is 0 Å². The van der Waals surface area contributed by atoms with Crippen LogP contribution in [-0.2, 0) is 65.4 Å². The number of carbonyl (C=O) groups excluding carboxylic acids is 4. The molecular formula is C85H140O17P2. The average molecular weight is 1500 g/mol. The summed E-state index contributed by atoms with van der Waals surface area (Å²) in [7, 11) is -10.0. The highest BCUT2D eigenvalue weighted by Crippen LogP contribution is 2.45. The highest BCUT2D eigenvalue weighted by atomic mass is 31.2. The molecule has 19 heteroatoms. The Bertz CT molecular complexity index is 2590. The molecule has 5 unspecified atom stereocenters. The zero-order valence-electron chi connectivity index (χ0n) is 64.6. The van der Waals surface area contributed by atoms with Crippen molar-refractivity contribution in [1.29, 1.82) is 0 Å². The molecule has 0 aliphatic rings. The quantitative estimate of drug-likeness (QED) is 0.0169. The summed E-state index contributed by atoms with van der Waals surface area (Å²) in [5.74, 6) is -2.39. The zero-order chi connectivity index (χ0) is 76.0. The standard InChI is InChI=1S/C85H140O17P2/c1-5-9-13-17-21-25-29-32-35-37-39-41-44-47-51-54-58-62-66-70-83(88)96-76-81(102-85(90)72-68-64-60-56-52-48-45-42-40-38-36-33-30-26-22-18-14-10-6-2)78-100-104(93,94)98-74-79(86)73-97-103(91,92)99-77-80(101-84(89)71-67-63-59-55-49-28-24-20-16-12-8-4)75-95-82(87)69-65-61-57-53-50-46-43-34-31-27-23-19-15-11-7-3/h9-10,13-14,21-22,25-26,32-36,39-43,47-48,51-52,58,60,62,64,79-81,86H,5-8,11-12,15-20,23-24,27-31,37-38,44-46,49-50,53-57,59,61,63,65-78H2,1-4H3,(H,91,92)(H,93,94)/b13-9-,14-10-,25-21-,26-22-,35-32-,36-33-,41-39-,42-40-,43-34-,51-47-,52-48-,62-58-,64-60-. The summed E-state index contributed by atoms with van der Waals surface area (Å²) in [4.78, 5) is 72.9. The highest BCUT2D eigenvalue weighted by molar-refractivity contribution is 7.47. The van der Waals surface area contributed by atoms with Gasteiger partial charge in [-0.1, -0.05) is 301 Å². The molecule has 592 valence electrons. The Balaban J connectivity index is 5.49. The van der Waals surface area contributed by atoms with E-state index in [4.69, 9.17) is 37.0 Å². The van der Waals surface area contributed by atoms with E-state index in [9.17, 15) is 43.2 Å². The number of aliphatic hydroxyl groups is 1. The second-order valence-electron chi connectivity index (χ2n) is 25.9. The minimum absolute atomic E-state index is 0.0150. The number of hydrogen-bond acceptors (Lipinski definition) is 15. The Hall–Kier alpha value is -5.32. The summed E-state index contributed by atoms with van der Waals surface area (Å²) in [5, 5.41) is 10.6. The minimum atomic E-state index is -5.02. The number of phosphoric acid groups is 2. The molecule has 0 aromatic heterocycles. The highest BCUT2D eigenvalue weighted by Gasteiger charge is 2.30. The number of aliphatic hydroxyl groups excluding tert-OH is 1. The van der Waals surface area contributed by atoms with Gasteiger partial charge in [0.05, 0.1) is 26.4 Å². The molecule has 0 saturated carbocycles. The van der Waals surface area contributed by atoms with Gasteiger partial charge < -0.3 is 33.8 Å². The van der Waals surface area contributed by atoms with Crippen LogP contribution >= 0.6 is 15.6 Å². The summed E-state index contributed by atoms with van der Waals surface area (Å²) in [6.07, 6.45) is 88.3. The van der Waals surface area contributed by atoms with Crippen LogP contribution in [0.15, 0.2) is 158 Å². The first-order valence-electron chi connectivity index (χ1n) is 39.7. The molecule has 0 spiro atoms. The lowest BCUT2D eigenvalue weighted by atomic mass is 10.1. The number of phosphoric ester groups is 2. The van der Waals surface area contributed by atoms with E-state index in [0.29, 0.717) is 38.5 Å². The summed E-state index contributed by atoms with van der Waals surface area (Å²) >= 11 is 0. The SMILES string of the molecule is CC/C=C\C/C=C\C/C=C\C/C=C\C/C=C\C/C=C\CCC(=O)OCC(COP(=O)(O)OCC(O)COP(=O)(O)OCC(COC(=O)CCCCCCC/C=C\CCCCCCCC)OC(=O)CCCCCCCCCCCCC)OC(=O)CC/C=C\C/C=C\C/C=C\C/C=C\C/C=C\C/C=C\CC. The second kappa shape index (κ2) is 75.9. The first-order valence-corrected chi connectivity index (χ1v) is 42.7. The van der Waals surface area contributed by atoms with E-state index < -0.39 is 97.5 Å². The van der Waals surface area contributed by atoms with E-state index in [2.05, 4.69) is 149 Å². The van der Waals surface area contributed by atoms with Crippen molar-refractivity contribution < 1.29 is 80.2 Å². The van der Waals surface area contributed by atoms with E-state index in [0.717, 1.165) is 128 Å². The number of esters is 4. The van der Waals surface area contributed by atoms with E-state index >= 15 is 0 Å². The molecular weight excluding hydrogens is 1350 g/mol. The fraction of sp³-hybridized carbons (Fsp3) is 0.647. The third kappa shape index (κ3) is 74.9. The molecule has 0 amide bonds. The first-order chi connectivity index (χ1) is 50.7. The van der Waals surface area contributed by atoms with Crippen LogP contribution in [-0.4, -0.2) is 96.7 Å². The number of rotatable bonds is 73. The third-order valence-corrected chi connectivity index (χ3v) is 17.9. The number of hydrogen-bond donors (Lipinski definition) is 3. The van der Waals surface area contributed by atoms with Gasteiger partial charge in [-0.15, -0.1) is 0 Å². The van der Waals surface area contributed by atoms with Gasteiger partial charge in [0, 0.05) is 25.7 Å². The van der Waals surface area contributed by atoms with E-state index in [1.807, 2.05) is 36.5 Å². The monoisotopic (exact) mass is 1490 g/mol. The molecule has 0 fully saturated rings. The molecule has 0 radical (unpaired) electrons. The predicted octanol–water partition coefficient (Wildman–Crippen LogP) is 23.2. The number of carbonyl (C=O) groups is 4. The molecule has 3 N–H and O–H groups in total. The second-order valence-corrected chi connectivity index (χ2v) is 28.8. The van der Waals surface area contributed by atoms with Crippen molar-refractivity contribution in [3.05, 3.63) is 158 Å². The van der Waals surface area contributed by atoms with Crippen LogP contribution in [0.3, 0.4) is 0 Å². The van der Waals surface area contributed by atoms with E-state index in [1.165, 1.54) is 77.0 Å². The zero-order valence-corrected chi connectivity index (χ0v) is 66.4. The Kier molecular flexibility index (Phi) is 72.0. The fourth-order valence-electron chi connectivity index (χ4n) is 10.0. The van der Waals surface area contributed by atoms with E-state index in [1.54, 1.807) is 0 Å². The van der Waals surface area contributed by atoms with Crippen molar-refractivity contribution in [1.82, 2.24) is 0 Å². The van der Waals surface area contributed by atoms with Crippen LogP contribution in [0, 0.1) is 0 Å². The minimum Gasteiger partial charge on any atom is -0.462 e. The molecule has 0 aliphatic heterocycles. The Morgan fingerprint density at radius 1 is 0.279 bits per heavy atom. The van der Waals surface area contributed by atoms with Gasteiger partial charge in [0.1, 0.15) is 19.3 Å². The summed E-state index contributed by atoms with van der Waals surface area (Å²) in [6, 6.07) is 0. The largest absolute Gasteiger partial charge is 0.472 e. The van der Waals surface area contributed by atoms with Crippen LogP contribution in [0.4, 0.5) is 0 Å². The van der Waals surface area contributed by atoms with Crippen LogP contribution in [0.2, 0.25) is 0 Å². The Labute approximate surface area is 629 Å². The Morgan fingerprint density at radius 2 is 0.519 bits per heavy atom. The molecule has 0 aliphatic carbocycles. The molecule has 17 nitrogen and oxygen atoms in total. The van der Waals surface area contributed by atoms with Crippen LogP contribution in [0.25, 0.3) is 0 Å². The maximum Gasteiger partial charge on any atom is 0.472 e. The molecule has 0 aromatic rings. The molecule has 0 bridgehead atoms. The lowest BCUT2D eigenvalue weighted by Crippen LogP contribution is -2.30. The normalized spacial score (nSPS) is 14.7. The molecule has 0 saturated heterocycles. The van der Waals surface area contributed by atoms with Gasteiger partial charge in [0.15, 0.2) is 12.2 Å². The summed E-state index contributed by atoms with van der Waals surface area (Å²) in [5.41, 5.74) is 0. The molecule has 104 heavy (non-hydrogen) atoms. The maximum atomic E-state index is 13.1. The lowest BCUT2D eigenvalue weighted by molar-refractivity contribution is -0.161. The van der Waals surface area contributed by atoms with Crippen molar-refractivity contribution >= 4 is 39.5 Å². The number of allylic oxidation sites excluding steroid dienone is 26. The molecule has 0 aromatic carbocycles. The number of unbranched alkanes of at least 4 members (excludes halogenated alkanes) is 21. The van der Waals surface area contributed by atoms with Gasteiger partial charge in [0.2, 0.25) is 0 Å². The topological polar surface area (TPSA) is 237 Å². The first kappa shape index (κ1) is 98.7. The summed E-state index contributed by atoms with van der Waals surface area (Å²) < 4.78 is 68.4.